The number of hydrogen-bond acceptors (Lipinski definition) is 16. The highest BCUT2D eigenvalue weighted by Gasteiger charge is 2.49. The number of carbonyl (C=O) groups is 4. The molecule has 4 amide bonds. The highest BCUT2D eigenvalue weighted by molar-refractivity contribution is 7.99. The van der Waals surface area contributed by atoms with E-state index in [4.69, 9.17) is 0 Å². The van der Waals surface area contributed by atoms with Crippen LogP contribution in [0.1, 0.15) is 166 Å². The zero-order chi connectivity index (χ0) is 75.6. The first kappa shape index (κ1) is 82.7. The quantitative estimate of drug-likeness (QED) is 0.00815. The summed E-state index contributed by atoms with van der Waals surface area (Å²) in [5.41, 5.74) is 2.26. The molecule has 1 aliphatic carbocycles. The first-order valence-electron chi connectivity index (χ1n) is 36.2. The van der Waals surface area contributed by atoms with Gasteiger partial charge in [0.05, 0.1) is 38.7 Å². The summed E-state index contributed by atoms with van der Waals surface area (Å²) in [4.78, 5) is 65.3. The molecule has 104 heavy (non-hydrogen) atoms. The molecule has 5 aromatic rings. The van der Waals surface area contributed by atoms with E-state index in [0.29, 0.717) is 89.7 Å². The van der Waals surface area contributed by atoms with E-state index in [-0.39, 0.29) is 47.4 Å². The number of thiazole rings is 1. The van der Waals surface area contributed by atoms with Gasteiger partial charge in [0.2, 0.25) is 24.6 Å². The minimum atomic E-state index is -6.21. The lowest BCUT2D eigenvalue weighted by Crippen LogP contribution is -2.52. The predicted octanol–water partition coefficient (Wildman–Crippen LogP) is 14.6. The van der Waals surface area contributed by atoms with Crippen LogP contribution in [0.25, 0.3) is 10.4 Å². The van der Waals surface area contributed by atoms with Crippen LogP contribution in [-0.2, 0) is 34.2 Å². The second-order valence-corrected chi connectivity index (χ2v) is 35.3. The van der Waals surface area contributed by atoms with E-state index in [9.17, 15) is 58.0 Å². The second-order valence-electron chi connectivity index (χ2n) is 29.8. The van der Waals surface area contributed by atoms with Gasteiger partial charge in [0.25, 0.3) is 25.8 Å². The zero-order valence-corrected chi connectivity index (χ0v) is 64.5. The largest absolute Gasteiger partial charge is 0.501 e. The standard InChI is InChI=1S/C77H105F5N10O8S4/c1-53(72(78)79)23-24-60-48-76(8,9)37-35-61(60)49-90-43-45-91(46-44-90)63-31-29-59(30-32-63)73(95)88-104(99,100)65-33-34-66(68(47-65)103(97,98)77(80,81)82)86-62(50-101-64-19-14-13-15-20-64)36-41-89(42-38-83-51-93)39-17-12-10-11-16-22-69(94)87-71(75(5,6)7)56(4)92-40-18-21-67(92)74(96)85-54(2)57-25-27-58(28-26-57)70-55(3)84-52-102-70/h13-15,19-20,25-34,47,51-54,62,67,71-72,86H,4,10-12,16-18,21-24,35-46,48-50H2,1-3,5-9H3,(H,83,93)(H,85,96)(H,87,94)(H,88,95). The van der Waals surface area contributed by atoms with Crippen LogP contribution in [0.3, 0.4) is 0 Å². The van der Waals surface area contributed by atoms with Crippen molar-refractivity contribution < 1.29 is 58.0 Å². The van der Waals surface area contributed by atoms with Crippen molar-refractivity contribution in [2.24, 2.45) is 16.7 Å². The fourth-order valence-electron chi connectivity index (χ4n) is 13.8. The number of halogens is 5. The number of allylic oxidation sites excluding steroid dienone is 1. The maximum absolute atomic E-state index is 14.7. The number of carbonyl (C=O) groups excluding carboxylic acids is 4. The molecule has 2 aliphatic heterocycles. The van der Waals surface area contributed by atoms with Gasteiger partial charge in [-0.2, -0.15) is 13.2 Å². The minimum Gasteiger partial charge on any atom is -0.380 e. The minimum absolute atomic E-state index is 0.0667. The van der Waals surface area contributed by atoms with Gasteiger partial charge < -0.3 is 36.0 Å². The van der Waals surface area contributed by atoms with Gasteiger partial charge in [-0.05, 0) is 161 Å². The Morgan fingerprint density at radius 1 is 0.837 bits per heavy atom. The van der Waals surface area contributed by atoms with Crippen molar-refractivity contribution in [3.8, 4) is 10.4 Å². The molecule has 1 aromatic heterocycles. The Kier molecular flexibility index (Phi) is 29.9. The average Bonchev–Trinajstić information content (AvgIpc) is 0.847. The number of anilines is 2. The summed E-state index contributed by atoms with van der Waals surface area (Å²) in [5, 5.41) is 12.2. The van der Waals surface area contributed by atoms with Crippen LogP contribution in [0.15, 0.2) is 141 Å². The normalized spacial score (nSPS) is 17.4. The van der Waals surface area contributed by atoms with Crippen molar-refractivity contribution in [2.75, 3.05) is 81.4 Å². The number of nitrogens with zero attached hydrogens (tertiary/aromatic N) is 5. The van der Waals surface area contributed by atoms with Crippen LogP contribution in [0.2, 0.25) is 0 Å². The molecule has 2 saturated heterocycles. The molecule has 0 bridgehead atoms. The fraction of sp³-hybridized carbons (Fsp3) is 0.545. The van der Waals surface area contributed by atoms with Crippen LogP contribution in [0.5, 0.6) is 0 Å². The van der Waals surface area contributed by atoms with Crippen molar-refractivity contribution in [3.63, 3.8) is 0 Å². The summed E-state index contributed by atoms with van der Waals surface area (Å²) in [7, 11) is -11.2. The molecule has 27 heteroatoms. The number of sulfone groups is 1. The molecule has 3 aliphatic rings. The molecule has 2 fully saturated rings. The van der Waals surface area contributed by atoms with E-state index in [1.54, 1.807) is 30.4 Å². The molecule has 18 nitrogen and oxygen atoms in total. The van der Waals surface area contributed by atoms with Gasteiger partial charge in [-0.15, -0.1) is 23.1 Å². The first-order valence-corrected chi connectivity index (χ1v) is 41.0. The molecule has 3 heterocycles. The fourth-order valence-corrected chi connectivity index (χ4v) is 17.6. The van der Waals surface area contributed by atoms with Gasteiger partial charge in [0, 0.05) is 105 Å². The average molecular weight is 1520 g/mol. The number of likely N-dealkylation sites (tertiary alicyclic amines) is 1. The van der Waals surface area contributed by atoms with Crippen LogP contribution in [-0.4, -0.2) is 162 Å². The molecule has 4 aromatic carbocycles. The lowest BCUT2D eigenvalue weighted by molar-refractivity contribution is -0.125. The SMILES string of the molecule is C=C(C(NC(=O)CCCCCCCN(CCNC=O)CCC(CSc1ccccc1)Nc1ccc(S(=O)(=O)NC(=O)c2ccc(N3CCN(CC4=C(CCC(C)C(F)F)CC(C)(C)CC4)CC3)cc2)cc1S(=O)(=O)C(F)(F)F)C(C)(C)C)N1CCCC1C(=O)NC(C)c1ccc(-c2scnc2C)cc1. The Labute approximate surface area is 620 Å². The zero-order valence-electron chi connectivity index (χ0n) is 61.3. The summed E-state index contributed by atoms with van der Waals surface area (Å²) in [6.45, 7) is 26.4. The Morgan fingerprint density at radius 2 is 1.53 bits per heavy atom. The molecule has 5 unspecified atom stereocenters. The number of piperazine rings is 1. The Morgan fingerprint density at radius 3 is 2.18 bits per heavy atom. The number of benzene rings is 4. The van der Waals surface area contributed by atoms with Crippen molar-refractivity contribution in [1.82, 2.24) is 40.4 Å². The number of hydrogen-bond donors (Lipinski definition) is 5. The number of sulfonamides is 1. The Balaban J connectivity index is 0.842. The van der Waals surface area contributed by atoms with E-state index in [2.05, 4.69) is 73.5 Å². The van der Waals surface area contributed by atoms with E-state index in [1.165, 1.54) is 35.0 Å². The van der Waals surface area contributed by atoms with Gasteiger partial charge >= 0.3 is 5.51 Å². The molecule has 0 saturated carbocycles. The van der Waals surface area contributed by atoms with Gasteiger partial charge in [0.1, 0.15) is 10.9 Å². The van der Waals surface area contributed by atoms with Gasteiger partial charge in [0.15, 0.2) is 0 Å². The Bertz CT molecular complexity index is 3940. The monoisotopic (exact) mass is 1520 g/mol. The number of amides is 4. The number of aryl methyl sites for hydroxylation is 1. The van der Waals surface area contributed by atoms with Crippen LogP contribution in [0, 0.1) is 23.7 Å². The predicted molar refractivity (Wildman–Crippen MR) is 405 cm³/mol. The summed E-state index contributed by atoms with van der Waals surface area (Å²) in [6, 6.07) is 24.1. The van der Waals surface area contributed by atoms with E-state index < -0.39 is 82.6 Å². The van der Waals surface area contributed by atoms with Crippen LogP contribution in [0.4, 0.5) is 33.3 Å². The molecule has 0 spiro atoms. The van der Waals surface area contributed by atoms with E-state index >= 15 is 0 Å². The molecular formula is C77H105F5N10O8S4. The van der Waals surface area contributed by atoms with Crippen molar-refractivity contribution in [3.05, 3.63) is 143 Å². The van der Waals surface area contributed by atoms with E-state index in [1.807, 2.05) is 92.2 Å². The third kappa shape index (κ3) is 23.5. The number of unbranched alkanes of at least 4 members (excludes halogenated alkanes) is 4. The van der Waals surface area contributed by atoms with Crippen molar-refractivity contribution >= 4 is 78.5 Å². The molecule has 8 rings (SSSR count). The second kappa shape index (κ2) is 37.6. The molecular weight excluding hydrogens is 1420 g/mol. The first-order chi connectivity index (χ1) is 49.2. The van der Waals surface area contributed by atoms with Crippen LogP contribution < -0.4 is 30.9 Å². The Hall–Kier alpha value is -6.91. The van der Waals surface area contributed by atoms with E-state index in [0.717, 1.165) is 115 Å². The number of rotatable bonds is 38. The van der Waals surface area contributed by atoms with Crippen molar-refractivity contribution in [2.45, 2.75) is 196 Å². The van der Waals surface area contributed by atoms with Gasteiger partial charge in [-0.1, -0.05) is 121 Å². The molecule has 5 atom stereocenters. The summed E-state index contributed by atoms with van der Waals surface area (Å²) < 4.78 is 128. The highest BCUT2D eigenvalue weighted by Crippen LogP contribution is 2.42. The topological polar surface area (TPSA) is 223 Å². The van der Waals surface area contributed by atoms with Crippen LogP contribution >= 0.6 is 23.1 Å². The third-order valence-corrected chi connectivity index (χ3v) is 25.1. The van der Waals surface area contributed by atoms with Gasteiger partial charge in [-0.25, -0.2) is 35.3 Å². The molecule has 0 radical (unpaired) electrons. The lowest BCUT2D eigenvalue weighted by Gasteiger charge is -2.39. The maximum atomic E-state index is 14.7. The number of nitrogens with one attached hydrogen (secondary N) is 5. The summed E-state index contributed by atoms with van der Waals surface area (Å²) >= 11 is 2.98. The molecule has 570 valence electrons. The van der Waals surface area contributed by atoms with Crippen molar-refractivity contribution in [1.29, 1.82) is 0 Å². The number of thioether (sulfide) groups is 1. The smallest absolute Gasteiger partial charge is 0.380 e. The lowest BCUT2D eigenvalue weighted by atomic mass is 9.73. The number of aromatic nitrogens is 1. The maximum Gasteiger partial charge on any atom is 0.501 e. The third-order valence-electron chi connectivity index (χ3n) is 20.1. The summed E-state index contributed by atoms with van der Waals surface area (Å²) in [6.07, 6.45) is 7.97. The van der Waals surface area contributed by atoms with Gasteiger partial charge in [-0.3, -0.25) is 24.1 Å². The highest BCUT2D eigenvalue weighted by atomic mass is 32.2. The summed E-state index contributed by atoms with van der Waals surface area (Å²) in [5.74, 6) is -1.72. The molecule has 5 N–H and O–H groups in total. The number of alkyl halides is 5.